The Kier molecular flexibility index (Phi) is 4.81. The molecule has 0 aromatic carbocycles. The second-order valence-electron chi connectivity index (χ2n) is 3.30. The van der Waals surface area contributed by atoms with Crippen LogP contribution >= 0.6 is 0 Å². The molecule has 0 aromatic rings. The van der Waals surface area contributed by atoms with Gasteiger partial charge in [0.25, 0.3) is 0 Å². The molecule has 0 amide bonds. The van der Waals surface area contributed by atoms with Crippen LogP contribution in [0.15, 0.2) is 0 Å². The Morgan fingerprint density at radius 2 is 1.93 bits per heavy atom. The third-order valence-corrected chi connectivity index (χ3v) is 2.44. The standard InChI is InChI=1S/C10H19O4/c1-5-13-10-8(11-3)6-14-7(2)9(10)12-4/h6-10H,5H2,1-4H3/t7-,8?,9?,10?/m0/s1. The minimum Gasteiger partial charge on any atom is -0.376 e. The quantitative estimate of drug-likeness (QED) is 0.683. The molecule has 4 heteroatoms. The van der Waals surface area contributed by atoms with E-state index in [4.69, 9.17) is 18.9 Å². The Hall–Kier alpha value is -0.160. The lowest BCUT2D eigenvalue weighted by molar-refractivity contribution is -0.191. The second kappa shape index (κ2) is 5.66. The molecular formula is C10H19O4. The van der Waals surface area contributed by atoms with Crippen molar-refractivity contribution >= 4 is 0 Å². The van der Waals surface area contributed by atoms with Gasteiger partial charge in [-0.1, -0.05) is 0 Å². The average Bonchev–Trinajstić information content (AvgIpc) is 2.19. The molecule has 3 unspecified atom stereocenters. The molecule has 14 heavy (non-hydrogen) atoms. The summed E-state index contributed by atoms with van der Waals surface area (Å²) in [6.07, 6.45) is -0.317. The lowest BCUT2D eigenvalue weighted by Gasteiger charge is -2.39. The summed E-state index contributed by atoms with van der Waals surface area (Å²) in [6, 6.07) is 0. The maximum atomic E-state index is 5.60. The van der Waals surface area contributed by atoms with E-state index < -0.39 is 0 Å². The third kappa shape index (κ3) is 2.45. The van der Waals surface area contributed by atoms with Crippen molar-refractivity contribution in [3.05, 3.63) is 6.61 Å². The van der Waals surface area contributed by atoms with Crippen LogP contribution in [0.3, 0.4) is 0 Å². The topological polar surface area (TPSA) is 36.9 Å². The summed E-state index contributed by atoms with van der Waals surface area (Å²) in [6.45, 7) is 6.24. The fraction of sp³-hybridized carbons (Fsp3) is 0.900. The molecule has 1 aliphatic rings. The molecule has 0 spiro atoms. The highest BCUT2D eigenvalue weighted by atomic mass is 16.6. The second-order valence-corrected chi connectivity index (χ2v) is 3.30. The number of rotatable bonds is 4. The van der Waals surface area contributed by atoms with Gasteiger partial charge in [-0.15, -0.1) is 0 Å². The van der Waals surface area contributed by atoms with Gasteiger partial charge in [0, 0.05) is 20.8 Å². The van der Waals surface area contributed by atoms with Crippen molar-refractivity contribution < 1.29 is 18.9 Å². The summed E-state index contributed by atoms with van der Waals surface area (Å²) >= 11 is 0. The van der Waals surface area contributed by atoms with E-state index >= 15 is 0 Å². The maximum Gasteiger partial charge on any atom is 0.116 e. The van der Waals surface area contributed by atoms with Crippen molar-refractivity contribution in [1.82, 2.24) is 0 Å². The number of hydrogen-bond acceptors (Lipinski definition) is 4. The molecule has 1 rings (SSSR count). The fourth-order valence-corrected chi connectivity index (χ4v) is 1.71. The number of methoxy groups -OCH3 is 2. The van der Waals surface area contributed by atoms with Gasteiger partial charge in [0.05, 0.1) is 6.10 Å². The van der Waals surface area contributed by atoms with Crippen LogP contribution in [0.25, 0.3) is 0 Å². The molecule has 0 aliphatic carbocycles. The first kappa shape index (κ1) is 11.9. The van der Waals surface area contributed by atoms with Crippen LogP contribution in [0.5, 0.6) is 0 Å². The third-order valence-electron chi connectivity index (χ3n) is 2.44. The highest BCUT2D eigenvalue weighted by molar-refractivity contribution is 4.93. The summed E-state index contributed by atoms with van der Waals surface area (Å²) in [4.78, 5) is 0. The SMILES string of the molecule is CCOC1C(OC)[CH]O[C@@H](C)C1OC. The minimum atomic E-state index is -0.156. The smallest absolute Gasteiger partial charge is 0.116 e. The van der Waals surface area contributed by atoms with E-state index in [-0.39, 0.29) is 24.4 Å². The van der Waals surface area contributed by atoms with E-state index in [0.29, 0.717) is 6.61 Å². The summed E-state index contributed by atoms with van der Waals surface area (Å²) in [5.41, 5.74) is 0. The molecule has 4 nitrogen and oxygen atoms in total. The van der Waals surface area contributed by atoms with Crippen molar-refractivity contribution in [3.8, 4) is 0 Å². The van der Waals surface area contributed by atoms with E-state index in [0.717, 1.165) is 0 Å². The monoisotopic (exact) mass is 203 g/mol. The first-order valence-electron chi connectivity index (χ1n) is 4.90. The van der Waals surface area contributed by atoms with Gasteiger partial charge in [0.1, 0.15) is 24.9 Å². The Labute approximate surface area is 85.5 Å². The first-order valence-corrected chi connectivity index (χ1v) is 4.90. The van der Waals surface area contributed by atoms with E-state index in [1.807, 2.05) is 13.8 Å². The predicted octanol–water partition coefficient (Wildman–Crippen LogP) is 1.00. The van der Waals surface area contributed by atoms with Gasteiger partial charge in [-0.3, -0.25) is 0 Å². The lowest BCUT2D eigenvalue weighted by Crippen LogP contribution is -2.52. The van der Waals surface area contributed by atoms with Gasteiger partial charge < -0.3 is 18.9 Å². The van der Waals surface area contributed by atoms with Gasteiger partial charge in [-0.05, 0) is 13.8 Å². The van der Waals surface area contributed by atoms with Gasteiger partial charge >= 0.3 is 0 Å². The molecule has 4 atom stereocenters. The summed E-state index contributed by atoms with van der Waals surface area (Å²) < 4.78 is 21.6. The highest BCUT2D eigenvalue weighted by Crippen LogP contribution is 2.24. The minimum absolute atomic E-state index is 0.00273. The highest BCUT2D eigenvalue weighted by Gasteiger charge is 2.39. The van der Waals surface area contributed by atoms with Crippen molar-refractivity contribution in [2.75, 3.05) is 20.8 Å². The Morgan fingerprint density at radius 1 is 1.21 bits per heavy atom. The fourth-order valence-electron chi connectivity index (χ4n) is 1.71. The van der Waals surface area contributed by atoms with Crippen LogP contribution in [-0.2, 0) is 18.9 Å². The maximum absolute atomic E-state index is 5.60. The van der Waals surface area contributed by atoms with Crippen LogP contribution in [-0.4, -0.2) is 45.2 Å². The molecule has 83 valence electrons. The molecule has 1 saturated heterocycles. The Balaban J connectivity index is 2.64. The van der Waals surface area contributed by atoms with Gasteiger partial charge in [-0.25, -0.2) is 0 Å². The lowest BCUT2D eigenvalue weighted by atomic mass is 10.0. The normalized spacial score (nSPS) is 38.6. The van der Waals surface area contributed by atoms with Crippen LogP contribution in [0.4, 0.5) is 0 Å². The van der Waals surface area contributed by atoms with Crippen LogP contribution in [0.2, 0.25) is 0 Å². The summed E-state index contributed by atoms with van der Waals surface area (Å²) in [7, 11) is 3.30. The predicted molar refractivity (Wildman–Crippen MR) is 51.9 cm³/mol. The van der Waals surface area contributed by atoms with Crippen molar-refractivity contribution in [2.45, 2.75) is 38.3 Å². The molecule has 0 bridgehead atoms. The zero-order valence-electron chi connectivity index (χ0n) is 9.23. The average molecular weight is 203 g/mol. The summed E-state index contributed by atoms with van der Waals surface area (Å²) in [5, 5.41) is 0. The van der Waals surface area contributed by atoms with Gasteiger partial charge in [-0.2, -0.15) is 0 Å². The Bertz CT molecular complexity index is 162. The van der Waals surface area contributed by atoms with Crippen LogP contribution < -0.4 is 0 Å². The molecule has 0 saturated carbocycles. The molecule has 1 heterocycles. The number of hydrogen-bond donors (Lipinski definition) is 0. The van der Waals surface area contributed by atoms with Crippen molar-refractivity contribution in [1.29, 1.82) is 0 Å². The number of ether oxygens (including phenoxy) is 4. The zero-order valence-corrected chi connectivity index (χ0v) is 9.23. The van der Waals surface area contributed by atoms with Crippen LogP contribution in [0, 0.1) is 6.61 Å². The molecule has 1 aliphatic heterocycles. The van der Waals surface area contributed by atoms with E-state index in [1.54, 1.807) is 20.8 Å². The van der Waals surface area contributed by atoms with Crippen molar-refractivity contribution in [2.24, 2.45) is 0 Å². The van der Waals surface area contributed by atoms with Crippen molar-refractivity contribution in [3.63, 3.8) is 0 Å². The molecule has 0 aromatic heterocycles. The van der Waals surface area contributed by atoms with E-state index in [9.17, 15) is 0 Å². The zero-order chi connectivity index (χ0) is 10.6. The first-order chi connectivity index (χ1) is 6.74. The van der Waals surface area contributed by atoms with E-state index in [2.05, 4.69) is 0 Å². The molecule has 0 N–H and O–H groups in total. The Morgan fingerprint density at radius 3 is 2.43 bits per heavy atom. The van der Waals surface area contributed by atoms with Gasteiger partial charge in [0.2, 0.25) is 0 Å². The van der Waals surface area contributed by atoms with E-state index in [1.165, 1.54) is 0 Å². The molecule has 1 fully saturated rings. The molecular weight excluding hydrogens is 184 g/mol. The van der Waals surface area contributed by atoms with Crippen LogP contribution in [0.1, 0.15) is 13.8 Å². The van der Waals surface area contributed by atoms with Gasteiger partial charge in [0.15, 0.2) is 0 Å². The largest absolute Gasteiger partial charge is 0.376 e. The summed E-state index contributed by atoms with van der Waals surface area (Å²) in [5.74, 6) is 0. The molecule has 1 radical (unpaired) electrons.